The molecule has 1 N–H and O–H groups in total. The van der Waals surface area contributed by atoms with Gasteiger partial charge < -0.3 is 14.8 Å². The van der Waals surface area contributed by atoms with Crippen molar-refractivity contribution in [1.82, 2.24) is 5.32 Å². The van der Waals surface area contributed by atoms with Crippen LogP contribution in [-0.2, 0) is 0 Å². The molecule has 0 amide bonds. The van der Waals surface area contributed by atoms with E-state index in [4.69, 9.17) is 21.1 Å². The zero-order chi connectivity index (χ0) is 11.1. The number of fused-ring (bicyclic) bond motifs is 1. The molecule has 2 aliphatic heterocycles. The standard InChI is InChI=1S/C11H11ClFNO2/c12-9-10(13)7(6-1-2-14-4-6)3-8-11(9)16-5-15-8/h3,6,14H,1-2,4-5H2. The molecule has 3 rings (SSSR count). The average molecular weight is 244 g/mol. The molecule has 1 aromatic carbocycles. The summed E-state index contributed by atoms with van der Waals surface area (Å²) >= 11 is 5.92. The summed E-state index contributed by atoms with van der Waals surface area (Å²) in [6, 6.07) is 1.71. The number of hydrogen-bond acceptors (Lipinski definition) is 3. The fourth-order valence-corrected chi connectivity index (χ4v) is 2.47. The van der Waals surface area contributed by atoms with Crippen LogP contribution >= 0.6 is 11.6 Å². The molecule has 16 heavy (non-hydrogen) atoms. The SMILES string of the molecule is Fc1c(C2CCNC2)cc2c(c1Cl)OCO2. The van der Waals surface area contributed by atoms with E-state index in [2.05, 4.69) is 5.32 Å². The Kier molecular flexibility index (Phi) is 2.41. The minimum absolute atomic E-state index is 0.0388. The van der Waals surface area contributed by atoms with Crippen molar-refractivity contribution in [3.05, 3.63) is 22.5 Å². The van der Waals surface area contributed by atoms with Crippen molar-refractivity contribution < 1.29 is 13.9 Å². The molecule has 2 heterocycles. The van der Waals surface area contributed by atoms with E-state index >= 15 is 0 Å². The number of hydrogen-bond donors (Lipinski definition) is 1. The monoisotopic (exact) mass is 243 g/mol. The highest BCUT2D eigenvalue weighted by Crippen LogP contribution is 2.44. The van der Waals surface area contributed by atoms with Crippen LogP contribution in [0.25, 0.3) is 0 Å². The van der Waals surface area contributed by atoms with Gasteiger partial charge in [0.1, 0.15) is 10.8 Å². The molecule has 0 radical (unpaired) electrons. The second kappa shape index (κ2) is 3.79. The summed E-state index contributed by atoms with van der Waals surface area (Å²) in [5.41, 5.74) is 0.624. The van der Waals surface area contributed by atoms with Crippen LogP contribution in [-0.4, -0.2) is 19.9 Å². The summed E-state index contributed by atoms with van der Waals surface area (Å²) in [5.74, 6) is 0.675. The zero-order valence-corrected chi connectivity index (χ0v) is 9.31. The largest absolute Gasteiger partial charge is 0.454 e. The molecule has 1 aromatic rings. The predicted octanol–water partition coefficient (Wildman–Crippen LogP) is 2.28. The Morgan fingerprint density at radius 2 is 2.31 bits per heavy atom. The number of benzene rings is 1. The van der Waals surface area contributed by atoms with Crippen molar-refractivity contribution in [2.24, 2.45) is 0 Å². The molecule has 86 valence electrons. The summed E-state index contributed by atoms with van der Waals surface area (Å²) in [5, 5.41) is 3.24. The first-order chi connectivity index (χ1) is 7.77. The van der Waals surface area contributed by atoms with Crippen LogP contribution in [0.1, 0.15) is 17.9 Å². The zero-order valence-electron chi connectivity index (χ0n) is 8.56. The van der Waals surface area contributed by atoms with Gasteiger partial charge in [-0.3, -0.25) is 0 Å². The first-order valence-electron chi connectivity index (χ1n) is 5.25. The molecule has 5 heteroatoms. The van der Waals surface area contributed by atoms with Crippen LogP contribution < -0.4 is 14.8 Å². The highest BCUT2D eigenvalue weighted by molar-refractivity contribution is 6.32. The molecule has 0 bridgehead atoms. The lowest BCUT2D eigenvalue weighted by Crippen LogP contribution is -2.09. The van der Waals surface area contributed by atoms with Gasteiger partial charge in [0, 0.05) is 12.5 Å². The minimum Gasteiger partial charge on any atom is -0.454 e. The van der Waals surface area contributed by atoms with Gasteiger partial charge in [0.15, 0.2) is 11.5 Å². The van der Waals surface area contributed by atoms with Crippen molar-refractivity contribution >= 4 is 11.6 Å². The van der Waals surface area contributed by atoms with Gasteiger partial charge in [-0.15, -0.1) is 0 Å². The molecular formula is C11H11ClFNO2. The molecule has 0 aromatic heterocycles. The van der Waals surface area contributed by atoms with Gasteiger partial charge >= 0.3 is 0 Å². The first kappa shape index (κ1) is 10.2. The van der Waals surface area contributed by atoms with Gasteiger partial charge in [-0.25, -0.2) is 4.39 Å². The first-order valence-corrected chi connectivity index (χ1v) is 5.63. The van der Waals surface area contributed by atoms with Crippen molar-refractivity contribution in [1.29, 1.82) is 0 Å². The van der Waals surface area contributed by atoms with Crippen molar-refractivity contribution in [3.63, 3.8) is 0 Å². The molecule has 1 saturated heterocycles. The van der Waals surface area contributed by atoms with E-state index in [0.29, 0.717) is 17.1 Å². The highest BCUT2D eigenvalue weighted by Gasteiger charge is 2.28. The van der Waals surface area contributed by atoms with Gasteiger partial charge in [-0.1, -0.05) is 11.6 Å². The van der Waals surface area contributed by atoms with Crippen molar-refractivity contribution in [3.8, 4) is 11.5 Å². The fraction of sp³-hybridized carbons (Fsp3) is 0.455. The molecule has 3 nitrogen and oxygen atoms in total. The number of rotatable bonds is 1. The average Bonchev–Trinajstić information content (AvgIpc) is 2.92. The summed E-state index contributed by atoms with van der Waals surface area (Å²) in [7, 11) is 0. The molecule has 1 atom stereocenters. The van der Waals surface area contributed by atoms with Gasteiger partial charge in [-0.2, -0.15) is 0 Å². The summed E-state index contributed by atoms with van der Waals surface area (Å²) in [6.45, 7) is 1.81. The Hall–Kier alpha value is -1.00. The van der Waals surface area contributed by atoms with Crippen LogP contribution in [0, 0.1) is 5.82 Å². The highest BCUT2D eigenvalue weighted by atomic mass is 35.5. The normalized spacial score (nSPS) is 22.8. The lowest BCUT2D eigenvalue weighted by Gasteiger charge is -2.12. The summed E-state index contributed by atoms with van der Waals surface area (Å²) in [6.07, 6.45) is 0.924. The maximum atomic E-state index is 14.0. The van der Waals surface area contributed by atoms with Crippen LogP contribution in [0.5, 0.6) is 11.5 Å². The molecule has 0 spiro atoms. The quantitative estimate of drug-likeness (QED) is 0.821. The Bertz CT molecular complexity index is 432. The Morgan fingerprint density at radius 3 is 3.06 bits per heavy atom. The second-order valence-electron chi connectivity index (χ2n) is 4.02. The van der Waals surface area contributed by atoms with Crippen LogP contribution in [0.3, 0.4) is 0 Å². The van der Waals surface area contributed by atoms with E-state index in [1.807, 2.05) is 0 Å². The molecular weight excluding hydrogens is 233 g/mol. The summed E-state index contributed by atoms with van der Waals surface area (Å²) in [4.78, 5) is 0. The van der Waals surface area contributed by atoms with Gasteiger partial charge in [0.2, 0.25) is 6.79 Å². The molecule has 0 saturated carbocycles. The summed E-state index contributed by atoms with van der Waals surface area (Å²) < 4.78 is 24.4. The van der Waals surface area contributed by atoms with E-state index in [1.165, 1.54) is 0 Å². The van der Waals surface area contributed by atoms with E-state index in [9.17, 15) is 4.39 Å². The Morgan fingerprint density at radius 1 is 1.44 bits per heavy atom. The molecule has 0 aliphatic carbocycles. The minimum atomic E-state index is -0.375. The maximum absolute atomic E-state index is 14.0. The van der Waals surface area contributed by atoms with E-state index in [0.717, 1.165) is 19.5 Å². The van der Waals surface area contributed by atoms with Gasteiger partial charge in [0.05, 0.1) is 0 Å². The van der Waals surface area contributed by atoms with Gasteiger partial charge in [0.25, 0.3) is 0 Å². The third-order valence-electron chi connectivity index (χ3n) is 3.07. The smallest absolute Gasteiger partial charge is 0.231 e. The molecule has 1 fully saturated rings. The third kappa shape index (κ3) is 1.44. The van der Waals surface area contributed by atoms with E-state index in [1.54, 1.807) is 6.07 Å². The number of ether oxygens (including phenoxy) is 2. The van der Waals surface area contributed by atoms with Crippen LogP contribution in [0.4, 0.5) is 4.39 Å². The molecule has 2 aliphatic rings. The van der Waals surface area contributed by atoms with Crippen molar-refractivity contribution in [2.45, 2.75) is 12.3 Å². The van der Waals surface area contributed by atoms with Crippen LogP contribution in [0.15, 0.2) is 6.07 Å². The van der Waals surface area contributed by atoms with Gasteiger partial charge in [-0.05, 0) is 24.6 Å². The number of halogens is 2. The predicted molar refractivity (Wildman–Crippen MR) is 57.8 cm³/mol. The Labute approximate surface area is 97.5 Å². The van der Waals surface area contributed by atoms with E-state index < -0.39 is 0 Å². The topological polar surface area (TPSA) is 30.5 Å². The molecule has 1 unspecified atom stereocenters. The number of nitrogens with one attached hydrogen (secondary N) is 1. The van der Waals surface area contributed by atoms with E-state index in [-0.39, 0.29) is 23.6 Å². The maximum Gasteiger partial charge on any atom is 0.231 e. The second-order valence-corrected chi connectivity index (χ2v) is 4.40. The Balaban J connectivity index is 2.08. The third-order valence-corrected chi connectivity index (χ3v) is 3.41. The van der Waals surface area contributed by atoms with Crippen LogP contribution in [0.2, 0.25) is 5.02 Å². The lowest BCUT2D eigenvalue weighted by molar-refractivity contribution is 0.174. The lowest BCUT2D eigenvalue weighted by atomic mass is 9.97. The van der Waals surface area contributed by atoms with Crippen molar-refractivity contribution in [2.75, 3.05) is 19.9 Å². The fourth-order valence-electron chi connectivity index (χ4n) is 2.22.